The summed E-state index contributed by atoms with van der Waals surface area (Å²) in [6.07, 6.45) is 4.31. The van der Waals surface area contributed by atoms with Gasteiger partial charge in [0.2, 0.25) is 0 Å². The third kappa shape index (κ3) is 1.21. The van der Waals surface area contributed by atoms with Crippen LogP contribution < -0.4 is 0 Å². The average Bonchev–Trinajstić information content (AvgIpc) is 2.90. The van der Waals surface area contributed by atoms with Gasteiger partial charge >= 0.3 is 0 Å². The van der Waals surface area contributed by atoms with Crippen molar-refractivity contribution >= 4 is 11.6 Å². The smallest absolute Gasteiger partial charge is 0.143 e. The highest BCUT2D eigenvalue weighted by Crippen LogP contribution is 2.73. The minimum absolute atomic E-state index is 0.00708. The fourth-order valence-electron chi connectivity index (χ4n) is 7.14. The maximum Gasteiger partial charge on any atom is 0.143 e. The van der Waals surface area contributed by atoms with Crippen molar-refractivity contribution in [3.63, 3.8) is 0 Å². The lowest BCUT2D eigenvalue weighted by Gasteiger charge is -2.34. The molecule has 4 saturated carbocycles. The molecule has 0 saturated heterocycles. The van der Waals surface area contributed by atoms with Gasteiger partial charge in [0.15, 0.2) is 0 Å². The van der Waals surface area contributed by atoms with Crippen molar-refractivity contribution in [2.75, 3.05) is 0 Å². The Morgan fingerprint density at radius 2 is 1.00 bits per heavy atom. The molecule has 0 amide bonds. The Kier molecular flexibility index (Phi) is 2.51. The Morgan fingerprint density at radius 1 is 0.682 bits per heavy atom. The molecule has 4 bridgehead atoms. The van der Waals surface area contributed by atoms with Crippen molar-refractivity contribution in [1.82, 2.24) is 0 Å². The maximum atomic E-state index is 13.3. The van der Waals surface area contributed by atoms with Crippen molar-refractivity contribution in [3.05, 3.63) is 0 Å². The number of carbonyl (C=O) groups excluding carboxylic acids is 2. The maximum absolute atomic E-state index is 13.3. The normalized spacial score (nSPS) is 54.5. The molecule has 2 heteroatoms. The van der Waals surface area contributed by atoms with E-state index in [9.17, 15) is 9.59 Å². The SMILES string of the molecule is CC1(C)[C@@H]2CC[C@]1(C)C(=O)[C@@H]2[C@@H]1C(=O)[C@@]2(C)CC[C@H]1C2(C)C. The summed E-state index contributed by atoms with van der Waals surface area (Å²) >= 11 is 0. The van der Waals surface area contributed by atoms with E-state index in [4.69, 9.17) is 0 Å². The quantitative estimate of drug-likeness (QED) is 0.725. The second-order valence-electron chi connectivity index (χ2n) is 10.2. The molecule has 22 heavy (non-hydrogen) atoms. The molecule has 4 fully saturated rings. The third-order valence-corrected chi connectivity index (χ3v) is 9.56. The number of carbonyl (C=O) groups is 2. The van der Waals surface area contributed by atoms with Crippen LogP contribution in [0, 0.1) is 45.3 Å². The van der Waals surface area contributed by atoms with Crippen LogP contribution in [0.1, 0.15) is 67.2 Å². The molecule has 0 heterocycles. The highest BCUT2D eigenvalue weighted by Gasteiger charge is 2.74. The summed E-state index contributed by atoms with van der Waals surface area (Å²) in [5.74, 6) is 1.67. The van der Waals surface area contributed by atoms with Crippen molar-refractivity contribution in [2.24, 2.45) is 45.3 Å². The molecule has 0 aliphatic heterocycles. The zero-order valence-corrected chi connectivity index (χ0v) is 15.0. The van der Waals surface area contributed by atoms with E-state index < -0.39 is 0 Å². The van der Waals surface area contributed by atoms with Crippen LogP contribution >= 0.6 is 0 Å². The van der Waals surface area contributed by atoms with Gasteiger partial charge in [-0.15, -0.1) is 0 Å². The Labute approximate surface area is 134 Å². The molecule has 4 aliphatic rings. The Bertz CT molecular complexity index is 535. The molecular formula is C20H30O2. The van der Waals surface area contributed by atoms with Crippen molar-refractivity contribution in [1.29, 1.82) is 0 Å². The van der Waals surface area contributed by atoms with Crippen molar-refractivity contribution in [3.8, 4) is 0 Å². The summed E-state index contributed by atoms with van der Waals surface area (Å²) in [4.78, 5) is 26.6. The second kappa shape index (κ2) is 3.70. The van der Waals surface area contributed by atoms with E-state index in [-0.39, 0.29) is 33.5 Å². The number of fused-ring (bicyclic) bond motifs is 4. The lowest BCUT2D eigenvalue weighted by atomic mass is 9.67. The number of Topliss-reactive ketones (excluding diaryl/α,β-unsaturated/α-hetero) is 2. The monoisotopic (exact) mass is 302 g/mol. The Hall–Kier alpha value is -0.660. The highest BCUT2D eigenvalue weighted by atomic mass is 16.1. The first kappa shape index (κ1) is 14.9. The van der Waals surface area contributed by atoms with E-state index in [1.54, 1.807) is 0 Å². The number of hydrogen-bond acceptors (Lipinski definition) is 2. The van der Waals surface area contributed by atoms with E-state index in [1.807, 2.05) is 0 Å². The predicted molar refractivity (Wildman–Crippen MR) is 86.2 cm³/mol. The summed E-state index contributed by atoms with van der Waals surface area (Å²) in [5, 5.41) is 0. The molecule has 0 radical (unpaired) electrons. The van der Waals surface area contributed by atoms with Gasteiger partial charge in [0, 0.05) is 22.7 Å². The van der Waals surface area contributed by atoms with Gasteiger partial charge in [0.25, 0.3) is 0 Å². The number of rotatable bonds is 1. The number of hydrogen-bond donors (Lipinski definition) is 0. The van der Waals surface area contributed by atoms with Gasteiger partial charge in [-0.2, -0.15) is 0 Å². The second-order valence-corrected chi connectivity index (χ2v) is 10.2. The largest absolute Gasteiger partial charge is 0.299 e. The summed E-state index contributed by atoms with van der Waals surface area (Å²) < 4.78 is 0. The lowest BCUT2D eigenvalue weighted by Crippen LogP contribution is -2.41. The van der Waals surface area contributed by atoms with Crippen LogP contribution in [0.15, 0.2) is 0 Å². The van der Waals surface area contributed by atoms with Crippen molar-refractivity contribution in [2.45, 2.75) is 67.2 Å². The van der Waals surface area contributed by atoms with Crippen molar-refractivity contribution < 1.29 is 9.59 Å². The predicted octanol–water partition coefficient (Wildman–Crippen LogP) is 4.27. The van der Waals surface area contributed by atoms with Gasteiger partial charge in [-0.1, -0.05) is 41.5 Å². The first-order valence-corrected chi connectivity index (χ1v) is 9.09. The molecule has 6 atom stereocenters. The minimum atomic E-state index is -0.199. The topological polar surface area (TPSA) is 34.1 Å². The van der Waals surface area contributed by atoms with E-state index in [0.29, 0.717) is 23.4 Å². The molecule has 0 N–H and O–H groups in total. The summed E-state index contributed by atoms with van der Waals surface area (Å²) in [7, 11) is 0. The molecular weight excluding hydrogens is 272 g/mol. The van der Waals surface area contributed by atoms with Gasteiger partial charge in [-0.3, -0.25) is 9.59 Å². The molecule has 4 aliphatic carbocycles. The molecule has 122 valence electrons. The summed E-state index contributed by atoms with van der Waals surface area (Å²) in [6.45, 7) is 13.4. The van der Waals surface area contributed by atoms with E-state index in [2.05, 4.69) is 41.5 Å². The molecule has 0 spiro atoms. The number of ketones is 2. The van der Waals surface area contributed by atoms with E-state index in [0.717, 1.165) is 25.7 Å². The van der Waals surface area contributed by atoms with Crippen LogP contribution in [0.3, 0.4) is 0 Å². The molecule has 0 unspecified atom stereocenters. The molecule has 0 aromatic rings. The zero-order chi connectivity index (χ0) is 16.3. The molecule has 4 rings (SSSR count). The van der Waals surface area contributed by atoms with Crippen LogP contribution in [0.4, 0.5) is 0 Å². The fraction of sp³-hybridized carbons (Fsp3) is 0.900. The summed E-state index contributed by atoms with van der Waals surface area (Å²) in [5.41, 5.74) is -0.283. The van der Waals surface area contributed by atoms with Gasteiger partial charge < -0.3 is 0 Å². The fourth-order valence-corrected chi connectivity index (χ4v) is 7.14. The van der Waals surface area contributed by atoms with Crippen LogP contribution in [-0.4, -0.2) is 11.6 Å². The zero-order valence-electron chi connectivity index (χ0n) is 15.0. The molecule has 0 aromatic heterocycles. The van der Waals surface area contributed by atoms with Gasteiger partial charge in [-0.05, 0) is 48.3 Å². The van der Waals surface area contributed by atoms with E-state index >= 15 is 0 Å². The first-order valence-electron chi connectivity index (χ1n) is 9.09. The minimum Gasteiger partial charge on any atom is -0.299 e. The summed E-state index contributed by atoms with van der Waals surface area (Å²) in [6, 6.07) is 0. The van der Waals surface area contributed by atoms with Crippen LogP contribution in [-0.2, 0) is 9.59 Å². The first-order chi connectivity index (χ1) is 10.00. The highest BCUT2D eigenvalue weighted by molar-refractivity contribution is 6.00. The Morgan fingerprint density at radius 3 is 1.23 bits per heavy atom. The standard InChI is InChI=1S/C20H30O2/c1-17(2)11-7-9-19(17,5)15(21)13(11)14-12-8-10-20(6,16(14)22)18(12,3)4/h11-14H,7-10H2,1-6H3/t11-,12-,13-,14+,19-,20-/m1/s1. The van der Waals surface area contributed by atoms with Crippen LogP contribution in [0.25, 0.3) is 0 Å². The van der Waals surface area contributed by atoms with Gasteiger partial charge in [0.1, 0.15) is 11.6 Å². The van der Waals surface area contributed by atoms with Crippen LogP contribution in [0.5, 0.6) is 0 Å². The third-order valence-electron chi connectivity index (χ3n) is 9.56. The Balaban J connectivity index is 1.80. The average molecular weight is 302 g/mol. The molecule has 0 aromatic carbocycles. The lowest BCUT2D eigenvalue weighted by molar-refractivity contribution is -0.141. The molecule has 2 nitrogen and oxygen atoms in total. The van der Waals surface area contributed by atoms with Gasteiger partial charge in [0.05, 0.1) is 0 Å². The van der Waals surface area contributed by atoms with E-state index in [1.165, 1.54) is 0 Å². The van der Waals surface area contributed by atoms with Gasteiger partial charge in [-0.25, -0.2) is 0 Å². The van der Waals surface area contributed by atoms with Crippen LogP contribution in [0.2, 0.25) is 0 Å².